The zero-order chi connectivity index (χ0) is 48.2. The van der Waals surface area contributed by atoms with Crippen LogP contribution in [0.1, 0.15) is 22.3 Å². The summed E-state index contributed by atoms with van der Waals surface area (Å²) in [5.41, 5.74) is 11.1. The minimum atomic E-state index is 0. The minimum absolute atomic E-state index is 0. The summed E-state index contributed by atoms with van der Waals surface area (Å²) in [4.78, 5) is 0. The second kappa shape index (κ2) is 30.4. The normalized spacial score (nSPS) is 9.94. The molecule has 72 heavy (non-hydrogen) atoms. The van der Waals surface area contributed by atoms with Gasteiger partial charge in [0.15, 0.2) is 0 Å². The van der Waals surface area contributed by atoms with Crippen molar-refractivity contribution in [3.05, 3.63) is 241 Å². The van der Waals surface area contributed by atoms with E-state index in [2.05, 4.69) is 272 Å². The molecule has 0 radical (unpaired) electrons. The Kier molecular flexibility index (Phi) is 26.4. The van der Waals surface area contributed by atoms with Crippen molar-refractivity contribution < 1.29 is 46.7 Å². The van der Waals surface area contributed by atoms with Gasteiger partial charge in [-0.25, -0.2) is 0 Å². The third-order valence-corrected chi connectivity index (χ3v) is 11.5. The fourth-order valence-electron chi connectivity index (χ4n) is 8.77. The van der Waals surface area contributed by atoms with Crippen LogP contribution in [0.3, 0.4) is 0 Å². The van der Waals surface area contributed by atoms with Gasteiger partial charge in [0, 0.05) is 0 Å². The molecule has 0 saturated carbocycles. The molecule has 12 aromatic rings. The molecule has 0 aliphatic carbocycles. The molecule has 8 heteroatoms. The van der Waals surface area contributed by atoms with E-state index in [9.17, 15) is 0 Å². The number of rotatable bonds is 2. The number of hydrogen-bond donors (Lipinski definition) is 0. The summed E-state index contributed by atoms with van der Waals surface area (Å²) in [6, 6.07) is 78.2. The predicted octanol–water partition coefficient (Wildman–Crippen LogP) is 20.4. The number of hydrogen-bond acceptors (Lipinski definition) is 0. The fourth-order valence-corrected chi connectivity index (χ4v) is 8.77. The van der Waals surface area contributed by atoms with E-state index >= 15 is 0 Å². The summed E-state index contributed by atoms with van der Waals surface area (Å²) >= 11 is 3.48. The summed E-state index contributed by atoms with van der Waals surface area (Å²) in [5.74, 6) is 0. The van der Waals surface area contributed by atoms with E-state index in [4.69, 9.17) is 0 Å². The van der Waals surface area contributed by atoms with Gasteiger partial charge in [0.05, 0.1) is 0 Å². The maximum atomic E-state index is 2.31. The fraction of sp³-hybridized carbons (Fsp3) is 0.125. The second-order valence-electron chi connectivity index (χ2n) is 18.1. The molecule has 12 aromatic carbocycles. The Hall–Kier alpha value is -3.92. The van der Waals surface area contributed by atoms with Gasteiger partial charge in [-0.3, -0.25) is 0 Å². The monoisotopic (exact) mass is 1210 g/mol. The second-order valence-corrected chi connectivity index (χ2v) is 36.8. The molecule has 0 aliphatic rings. The average Bonchev–Trinajstić information content (AvgIpc) is 4.11. The molecular formula is C64H64Cl4Si2Zr2. The van der Waals surface area contributed by atoms with Crippen molar-refractivity contribution in [3.8, 4) is 22.3 Å². The summed E-state index contributed by atoms with van der Waals surface area (Å²) in [6.07, 6.45) is 0. The van der Waals surface area contributed by atoms with Gasteiger partial charge in [0.2, 0.25) is 0 Å². The van der Waals surface area contributed by atoms with Crippen LogP contribution in [-0.2, 0) is 46.7 Å². The Bertz CT molecular complexity index is 3310. The zero-order valence-corrected chi connectivity index (χ0v) is 52.6. The first-order valence-corrected chi connectivity index (χ1v) is 35.8. The van der Waals surface area contributed by atoms with E-state index < -0.39 is 0 Å². The maximum Gasteiger partial charge on any atom is -0.0114 e. The van der Waals surface area contributed by atoms with Crippen LogP contribution in [-0.4, -0.2) is 10.9 Å². The molecule has 0 spiro atoms. The van der Waals surface area contributed by atoms with Crippen molar-refractivity contribution in [2.75, 3.05) is 0 Å². The van der Waals surface area contributed by atoms with E-state index in [1.807, 2.05) is 0 Å². The quantitative estimate of drug-likeness (QED) is 0.120. The number of halogens is 4. The smallest absolute Gasteiger partial charge is 0.0114 e. The first-order chi connectivity index (χ1) is 32.8. The Morgan fingerprint density at radius 3 is 0.861 bits per heavy atom. The number of aryl methyl sites for hydroxylation is 4. The van der Waals surface area contributed by atoms with Crippen LogP contribution in [0.25, 0.3) is 86.9 Å². The van der Waals surface area contributed by atoms with Gasteiger partial charge in [-0.2, -0.15) is 24.3 Å². The molecule has 0 aliphatic heterocycles. The molecule has 0 nitrogen and oxygen atoms in total. The Morgan fingerprint density at radius 2 is 0.514 bits per heavy atom. The van der Waals surface area contributed by atoms with Crippen LogP contribution >= 0.6 is 49.6 Å². The van der Waals surface area contributed by atoms with Gasteiger partial charge in [-0.1, -0.05) is 148 Å². The van der Waals surface area contributed by atoms with Crippen molar-refractivity contribution >= 4 is 125 Å². The van der Waals surface area contributed by atoms with Gasteiger partial charge < -0.3 is 0 Å². The molecule has 0 heterocycles. The average molecular weight is 1210 g/mol. The van der Waals surface area contributed by atoms with Crippen molar-refractivity contribution in [2.45, 2.75) is 53.9 Å². The maximum absolute atomic E-state index is 2.31. The van der Waals surface area contributed by atoms with Gasteiger partial charge in [-0.15, -0.1) is 200 Å². The van der Waals surface area contributed by atoms with Gasteiger partial charge in [0.1, 0.15) is 0 Å². The predicted molar refractivity (Wildman–Crippen MR) is 327 cm³/mol. The molecule has 0 atom stereocenters. The molecule has 12 rings (SSSR count). The van der Waals surface area contributed by atoms with Crippen LogP contribution in [0.5, 0.6) is 0 Å². The third-order valence-electron chi connectivity index (χ3n) is 11.5. The van der Waals surface area contributed by atoms with E-state index in [-0.39, 0.29) is 60.5 Å². The Balaban J connectivity index is 0.000000246. The van der Waals surface area contributed by atoms with Crippen LogP contribution < -0.4 is 0 Å². The molecule has 0 fully saturated rings. The van der Waals surface area contributed by atoms with Crippen LogP contribution in [0.2, 0.25) is 26.2 Å². The molecular weight excluding hydrogens is 1150 g/mol. The first-order valence-electron chi connectivity index (χ1n) is 23.4. The Morgan fingerprint density at radius 1 is 0.278 bits per heavy atom. The minimum Gasteiger partial charge on any atom is -0.165 e. The zero-order valence-electron chi connectivity index (χ0n) is 42.4. The summed E-state index contributed by atoms with van der Waals surface area (Å²) in [5, 5.41) is 16.0. The molecule has 0 bridgehead atoms. The molecule has 0 unspecified atom stereocenters. The number of fused-ring (bicyclic) bond motifs is 6. The molecule has 0 aromatic heterocycles. The topological polar surface area (TPSA) is 0 Å². The van der Waals surface area contributed by atoms with E-state index in [0.717, 1.165) is 0 Å². The Labute approximate surface area is 483 Å². The third kappa shape index (κ3) is 17.1. The van der Waals surface area contributed by atoms with Crippen LogP contribution in [0.4, 0.5) is 0 Å². The van der Waals surface area contributed by atoms with Crippen molar-refractivity contribution in [1.29, 1.82) is 0 Å². The SMILES string of the molecule is C[Si](C)=[Zr+2].C[Si](C)=[Zr+2].Cc1cc2c(-c3cccc4ccccc34)cccc2[cH-]1.Cc1cc2c(-c3cccc4ccccc34)cccc2[cH-]1.Cc1cc2ccccc2[cH-]1.Cc1cc2ccccc2[cH-]1.Cl.Cl.Cl.Cl. The van der Waals surface area contributed by atoms with Gasteiger partial charge in [0.25, 0.3) is 0 Å². The molecule has 0 N–H and O–H groups in total. The van der Waals surface area contributed by atoms with Gasteiger partial charge in [-0.05, 0) is 32.7 Å². The summed E-state index contributed by atoms with van der Waals surface area (Å²) < 4.78 is 0. The summed E-state index contributed by atoms with van der Waals surface area (Å²) in [7, 11) is 0. The largest absolute Gasteiger partial charge is 0.165 e. The summed E-state index contributed by atoms with van der Waals surface area (Å²) in [6.45, 7) is 17.8. The van der Waals surface area contributed by atoms with Gasteiger partial charge >= 0.3 is 83.7 Å². The van der Waals surface area contributed by atoms with E-state index in [1.165, 1.54) is 109 Å². The van der Waals surface area contributed by atoms with Crippen molar-refractivity contribution in [2.24, 2.45) is 0 Å². The molecule has 0 saturated heterocycles. The number of benzene rings is 8. The van der Waals surface area contributed by atoms with Crippen molar-refractivity contribution in [3.63, 3.8) is 0 Å². The molecule has 0 amide bonds. The van der Waals surface area contributed by atoms with Crippen LogP contribution in [0.15, 0.2) is 218 Å². The van der Waals surface area contributed by atoms with Crippen molar-refractivity contribution in [1.82, 2.24) is 0 Å². The standard InChI is InChI=1S/2C20H15.2C10H9.2C2H6Si.4ClH.2Zr/c2*1-14-12-16-8-5-11-19(20(16)13-14)18-10-4-7-15-6-2-3-9-17(15)18;2*1-8-6-9-4-2-3-5-10(9)7-8;2*1-3-2;;;;;;/h2*2-13H,1H3;2*2-7H,1H3;2*1-2H3;4*1H;;/q4*-1;;;;;;;2*+2. The van der Waals surface area contributed by atoms with E-state index in [0.29, 0.717) is 0 Å². The van der Waals surface area contributed by atoms with E-state index in [1.54, 1.807) is 46.7 Å². The molecule has 364 valence electrons. The first kappa shape index (κ1) is 62.4. The van der Waals surface area contributed by atoms with Crippen LogP contribution in [0, 0.1) is 27.7 Å².